The van der Waals surface area contributed by atoms with Crippen LogP contribution in [0.2, 0.25) is 18.1 Å². The van der Waals surface area contributed by atoms with Crippen LogP contribution in [0.1, 0.15) is 92.7 Å². The molecule has 0 unspecified atom stereocenters. The third kappa shape index (κ3) is 8.30. The van der Waals surface area contributed by atoms with E-state index in [1.54, 1.807) is 13.8 Å². The lowest BCUT2D eigenvalue weighted by atomic mass is 9.72. The van der Waals surface area contributed by atoms with Gasteiger partial charge in [-0.05, 0) is 67.1 Å². The molecule has 2 rings (SSSR count). The first-order valence-corrected chi connectivity index (χ1v) is 18.1. The Morgan fingerprint density at radius 1 is 0.833 bits per heavy atom. The molecule has 0 amide bonds. The van der Waals surface area contributed by atoms with Crippen molar-refractivity contribution < 1.29 is 23.9 Å². The largest absolute Gasteiger partial charge is 0.456 e. The van der Waals surface area contributed by atoms with E-state index in [1.807, 2.05) is 95.3 Å². The number of Topliss-reactive ketones (excluding diaryl/α,β-unsaturated/α-hetero) is 1. The molecule has 0 spiro atoms. The highest BCUT2D eigenvalue weighted by atomic mass is 28.4. The van der Waals surface area contributed by atoms with Crippen LogP contribution in [0, 0.1) is 11.3 Å². The van der Waals surface area contributed by atoms with E-state index in [2.05, 4.69) is 33.9 Å². The molecule has 42 heavy (non-hydrogen) atoms. The monoisotopic (exact) mass is 594 g/mol. The van der Waals surface area contributed by atoms with Gasteiger partial charge in [-0.1, -0.05) is 116 Å². The van der Waals surface area contributed by atoms with Crippen LogP contribution in [0.15, 0.2) is 71.8 Å². The van der Waals surface area contributed by atoms with Crippen molar-refractivity contribution in [2.24, 2.45) is 11.3 Å². The molecule has 0 bridgehead atoms. The van der Waals surface area contributed by atoms with Crippen molar-refractivity contribution in [1.82, 2.24) is 0 Å². The molecule has 0 aliphatic rings. The lowest BCUT2D eigenvalue weighted by Crippen LogP contribution is -2.49. The molecule has 232 valence electrons. The minimum Gasteiger partial charge on any atom is -0.456 e. The molecule has 0 heterocycles. The lowest BCUT2D eigenvalue weighted by molar-refractivity contribution is -0.156. The van der Waals surface area contributed by atoms with E-state index in [0.717, 1.165) is 17.5 Å². The second-order valence-corrected chi connectivity index (χ2v) is 18.6. The zero-order valence-corrected chi connectivity index (χ0v) is 28.9. The maximum Gasteiger partial charge on any atom is 0.335 e. The van der Waals surface area contributed by atoms with Crippen LogP contribution < -0.4 is 0 Å². The number of aliphatic hydroxyl groups excluding tert-OH is 1. The SMILES string of the molecule is CC[C@H](C)C(C)(C)C(=O)[C@H](O)/C(C)=C(\C)[C@H](C)OC(=O)[C@H](O[Si](C)(C)C(C)(C)C)C(c1ccccc1)c1ccccc1. The molecule has 0 saturated heterocycles. The average molecular weight is 595 g/mol. The summed E-state index contributed by atoms with van der Waals surface area (Å²) in [6, 6.07) is 19.9. The summed E-state index contributed by atoms with van der Waals surface area (Å²) in [5.74, 6) is -0.947. The van der Waals surface area contributed by atoms with Gasteiger partial charge in [0.05, 0.1) is 0 Å². The smallest absolute Gasteiger partial charge is 0.335 e. The van der Waals surface area contributed by atoms with Gasteiger partial charge in [-0.3, -0.25) is 4.79 Å². The normalized spacial score (nSPS) is 16.3. The van der Waals surface area contributed by atoms with Crippen molar-refractivity contribution in [2.75, 3.05) is 0 Å². The maximum absolute atomic E-state index is 14.2. The molecule has 0 aliphatic heterocycles. The van der Waals surface area contributed by atoms with Crippen molar-refractivity contribution in [2.45, 2.75) is 118 Å². The second kappa shape index (κ2) is 14.3. The molecule has 0 aliphatic carbocycles. The fourth-order valence-electron chi connectivity index (χ4n) is 4.78. The van der Waals surface area contributed by atoms with Gasteiger partial charge in [0.25, 0.3) is 0 Å². The number of aliphatic hydroxyl groups is 1. The topological polar surface area (TPSA) is 72.8 Å². The van der Waals surface area contributed by atoms with Gasteiger partial charge in [-0.25, -0.2) is 4.79 Å². The number of ketones is 1. The first-order chi connectivity index (χ1) is 19.4. The summed E-state index contributed by atoms with van der Waals surface area (Å²) in [5.41, 5.74) is 2.42. The van der Waals surface area contributed by atoms with Gasteiger partial charge >= 0.3 is 5.97 Å². The summed E-state index contributed by atoms with van der Waals surface area (Å²) in [6.07, 6.45) is -1.98. The van der Waals surface area contributed by atoms with Gasteiger partial charge in [0.2, 0.25) is 0 Å². The number of benzene rings is 2. The van der Waals surface area contributed by atoms with Crippen molar-refractivity contribution in [3.05, 3.63) is 82.9 Å². The molecule has 0 aromatic heterocycles. The zero-order chi connectivity index (χ0) is 32.0. The molecule has 0 saturated carbocycles. The number of hydrogen-bond acceptors (Lipinski definition) is 5. The Morgan fingerprint density at radius 2 is 1.29 bits per heavy atom. The summed E-state index contributed by atoms with van der Waals surface area (Å²) < 4.78 is 13.0. The minimum atomic E-state index is -2.43. The van der Waals surface area contributed by atoms with E-state index >= 15 is 0 Å². The highest BCUT2D eigenvalue weighted by Gasteiger charge is 2.45. The molecule has 4 atom stereocenters. The number of carbonyl (C=O) groups excluding carboxylic acids is 2. The van der Waals surface area contributed by atoms with Gasteiger partial charge in [0, 0.05) is 11.3 Å². The van der Waals surface area contributed by atoms with Crippen LogP contribution in [0.5, 0.6) is 0 Å². The summed E-state index contributed by atoms with van der Waals surface area (Å²) in [6.45, 7) is 23.9. The van der Waals surface area contributed by atoms with Crippen molar-refractivity contribution in [1.29, 1.82) is 0 Å². The van der Waals surface area contributed by atoms with Gasteiger partial charge in [0.15, 0.2) is 20.2 Å². The lowest BCUT2D eigenvalue weighted by Gasteiger charge is -2.41. The highest BCUT2D eigenvalue weighted by Crippen LogP contribution is 2.41. The number of carbonyl (C=O) groups is 2. The number of esters is 1. The molecular formula is C36H54O5Si. The van der Waals surface area contributed by atoms with Crippen LogP contribution in [-0.4, -0.2) is 43.5 Å². The Balaban J connectivity index is 2.52. The molecule has 1 N–H and O–H groups in total. The van der Waals surface area contributed by atoms with Crippen LogP contribution in [0.3, 0.4) is 0 Å². The van der Waals surface area contributed by atoms with E-state index < -0.39 is 38.0 Å². The first-order valence-electron chi connectivity index (χ1n) is 15.2. The van der Waals surface area contributed by atoms with Gasteiger partial charge < -0.3 is 14.3 Å². The Bertz CT molecular complexity index is 1170. The zero-order valence-electron chi connectivity index (χ0n) is 27.9. The fourth-order valence-corrected chi connectivity index (χ4v) is 6.00. The third-order valence-corrected chi connectivity index (χ3v) is 14.2. The minimum absolute atomic E-state index is 0.115. The third-order valence-electron chi connectivity index (χ3n) is 9.74. The summed E-state index contributed by atoms with van der Waals surface area (Å²) >= 11 is 0. The Morgan fingerprint density at radius 3 is 1.69 bits per heavy atom. The van der Waals surface area contributed by atoms with Crippen LogP contribution in [0.25, 0.3) is 0 Å². The summed E-state index contributed by atoms with van der Waals surface area (Å²) in [7, 11) is -2.43. The van der Waals surface area contributed by atoms with E-state index in [0.29, 0.717) is 11.1 Å². The quantitative estimate of drug-likeness (QED) is 0.143. The van der Waals surface area contributed by atoms with E-state index in [4.69, 9.17) is 9.16 Å². The number of ether oxygens (including phenoxy) is 1. The number of rotatable bonds is 13. The van der Waals surface area contributed by atoms with E-state index in [-0.39, 0.29) is 22.7 Å². The average Bonchev–Trinajstić information content (AvgIpc) is 2.94. The highest BCUT2D eigenvalue weighted by molar-refractivity contribution is 6.74. The molecule has 0 fully saturated rings. The second-order valence-electron chi connectivity index (χ2n) is 13.8. The Hall–Kier alpha value is -2.54. The van der Waals surface area contributed by atoms with Crippen molar-refractivity contribution in [3.8, 4) is 0 Å². The first kappa shape index (κ1) is 35.7. The molecule has 0 radical (unpaired) electrons. The van der Waals surface area contributed by atoms with Gasteiger partial charge in [-0.2, -0.15) is 0 Å². The molecule has 2 aromatic rings. The van der Waals surface area contributed by atoms with Crippen molar-refractivity contribution in [3.63, 3.8) is 0 Å². The van der Waals surface area contributed by atoms with Gasteiger partial charge in [0.1, 0.15) is 12.2 Å². The predicted octanol–water partition coefficient (Wildman–Crippen LogP) is 8.48. The molecule has 6 heteroatoms. The predicted molar refractivity (Wildman–Crippen MR) is 175 cm³/mol. The van der Waals surface area contributed by atoms with Crippen LogP contribution in [-0.2, 0) is 18.8 Å². The Labute approximate surface area is 255 Å². The van der Waals surface area contributed by atoms with Crippen molar-refractivity contribution >= 4 is 20.1 Å². The van der Waals surface area contributed by atoms with E-state index in [9.17, 15) is 14.7 Å². The summed E-state index contributed by atoms with van der Waals surface area (Å²) in [5, 5.41) is 11.0. The molecule has 2 aromatic carbocycles. The molecule has 5 nitrogen and oxygen atoms in total. The van der Waals surface area contributed by atoms with Crippen LogP contribution >= 0.6 is 0 Å². The summed E-state index contributed by atoms with van der Waals surface area (Å²) in [4.78, 5) is 27.5. The maximum atomic E-state index is 14.2. The Kier molecular flexibility index (Phi) is 12.1. The molecular weight excluding hydrogens is 540 g/mol. The van der Waals surface area contributed by atoms with E-state index in [1.165, 1.54) is 0 Å². The van der Waals surface area contributed by atoms with Gasteiger partial charge in [-0.15, -0.1) is 0 Å². The number of hydrogen-bond donors (Lipinski definition) is 1. The van der Waals surface area contributed by atoms with Crippen LogP contribution in [0.4, 0.5) is 0 Å². The standard InChI is InChI=1S/C36H54O5Si/c1-13-24(2)36(9,10)33(38)31(37)26(4)25(3)27(5)40-34(39)32(41-42(11,12)35(6,7)8)30(28-20-16-14-17-21-28)29-22-18-15-19-23-29/h14-24,27,30-32,37H,13H2,1-12H3/b26-25+/t24-,27-,31+,32+/m0/s1. The fraction of sp³-hybridized carbons (Fsp3) is 0.556.